The fourth-order valence-electron chi connectivity index (χ4n) is 2.25. The van der Waals surface area contributed by atoms with Gasteiger partial charge in [-0.05, 0) is 18.6 Å². The highest BCUT2D eigenvalue weighted by atomic mass is 15.4. The van der Waals surface area contributed by atoms with E-state index in [1.807, 2.05) is 16.9 Å². The molecule has 0 aliphatic rings. The molecule has 0 aliphatic heterocycles. The van der Waals surface area contributed by atoms with Gasteiger partial charge in [0.15, 0.2) is 0 Å². The monoisotopic (exact) mass is 294 g/mol. The molecule has 1 aromatic carbocycles. The molecule has 6 nitrogen and oxygen atoms in total. The minimum atomic E-state index is 0.803. The van der Waals surface area contributed by atoms with Crippen molar-refractivity contribution in [3.63, 3.8) is 0 Å². The van der Waals surface area contributed by atoms with Crippen LogP contribution in [0.3, 0.4) is 0 Å². The molecule has 22 heavy (non-hydrogen) atoms. The molecule has 112 valence electrons. The summed E-state index contributed by atoms with van der Waals surface area (Å²) >= 11 is 0. The Bertz CT molecular complexity index is 695. The summed E-state index contributed by atoms with van der Waals surface area (Å²) in [7, 11) is 2.10. The van der Waals surface area contributed by atoms with Crippen LogP contribution >= 0.6 is 0 Å². The van der Waals surface area contributed by atoms with E-state index in [1.54, 1.807) is 12.4 Å². The number of aromatic nitrogens is 5. The third-order valence-corrected chi connectivity index (χ3v) is 3.47. The Labute approximate surface area is 129 Å². The summed E-state index contributed by atoms with van der Waals surface area (Å²) in [6.07, 6.45) is 7.92. The van der Waals surface area contributed by atoms with Gasteiger partial charge in [0, 0.05) is 43.8 Å². The average molecular weight is 294 g/mol. The molecule has 0 bridgehead atoms. The van der Waals surface area contributed by atoms with E-state index in [9.17, 15) is 0 Å². The van der Waals surface area contributed by atoms with Gasteiger partial charge in [-0.3, -0.25) is 4.68 Å². The predicted molar refractivity (Wildman–Crippen MR) is 85.4 cm³/mol. The molecule has 0 unspecified atom stereocenters. The van der Waals surface area contributed by atoms with Crippen molar-refractivity contribution in [3.8, 4) is 11.3 Å². The highest BCUT2D eigenvalue weighted by molar-refractivity contribution is 5.54. The molecule has 0 fully saturated rings. The Balaban J connectivity index is 1.53. The standard InChI is InChI=1S/C16H18N6/c1-21(15-6-3-2-4-7-15)8-5-9-22-12-16(19-20-22)14-10-17-13-18-11-14/h2-4,6-7,10-13H,5,8-9H2,1H3. The van der Waals surface area contributed by atoms with Crippen molar-refractivity contribution >= 4 is 5.69 Å². The van der Waals surface area contributed by atoms with E-state index in [0.717, 1.165) is 30.8 Å². The zero-order valence-electron chi connectivity index (χ0n) is 12.5. The molecule has 0 spiro atoms. The van der Waals surface area contributed by atoms with Gasteiger partial charge in [0.2, 0.25) is 0 Å². The number of para-hydroxylation sites is 1. The Morgan fingerprint density at radius 1 is 1.09 bits per heavy atom. The van der Waals surface area contributed by atoms with Crippen LogP contribution in [0.15, 0.2) is 55.2 Å². The number of anilines is 1. The quantitative estimate of drug-likeness (QED) is 0.698. The molecule has 2 heterocycles. The SMILES string of the molecule is CN(CCCn1cc(-c2cncnc2)nn1)c1ccccc1. The Kier molecular flexibility index (Phi) is 4.38. The van der Waals surface area contributed by atoms with E-state index in [2.05, 4.69) is 56.5 Å². The highest BCUT2D eigenvalue weighted by Crippen LogP contribution is 2.13. The van der Waals surface area contributed by atoms with E-state index in [-0.39, 0.29) is 0 Å². The Hall–Kier alpha value is -2.76. The second-order valence-corrected chi connectivity index (χ2v) is 5.10. The van der Waals surface area contributed by atoms with Gasteiger partial charge in [-0.2, -0.15) is 0 Å². The topological polar surface area (TPSA) is 59.7 Å². The maximum atomic E-state index is 4.16. The number of benzene rings is 1. The summed E-state index contributed by atoms with van der Waals surface area (Å²) in [5.74, 6) is 0. The summed E-state index contributed by atoms with van der Waals surface area (Å²) < 4.78 is 1.86. The molecule has 3 rings (SSSR count). The minimum absolute atomic E-state index is 0.803. The first kappa shape index (κ1) is 14.2. The molecule has 0 aliphatic carbocycles. The van der Waals surface area contributed by atoms with E-state index >= 15 is 0 Å². The average Bonchev–Trinajstić information content (AvgIpc) is 3.05. The molecule has 3 aromatic rings. The molecular weight excluding hydrogens is 276 g/mol. The summed E-state index contributed by atoms with van der Waals surface area (Å²) in [4.78, 5) is 10.2. The van der Waals surface area contributed by atoms with Crippen molar-refractivity contribution in [2.45, 2.75) is 13.0 Å². The van der Waals surface area contributed by atoms with Crippen LogP contribution in [0.1, 0.15) is 6.42 Å². The van der Waals surface area contributed by atoms with Gasteiger partial charge in [-0.15, -0.1) is 5.10 Å². The first-order chi connectivity index (χ1) is 10.8. The summed E-state index contributed by atoms with van der Waals surface area (Å²) in [5, 5.41) is 8.32. The summed E-state index contributed by atoms with van der Waals surface area (Å²) in [6.45, 7) is 1.80. The van der Waals surface area contributed by atoms with E-state index < -0.39 is 0 Å². The third kappa shape index (κ3) is 3.46. The maximum Gasteiger partial charge on any atom is 0.116 e. The van der Waals surface area contributed by atoms with Gasteiger partial charge in [0.25, 0.3) is 0 Å². The van der Waals surface area contributed by atoms with Gasteiger partial charge in [-0.1, -0.05) is 23.4 Å². The van der Waals surface area contributed by atoms with Gasteiger partial charge in [0.05, 0.1) is 6.20 Å². The van der Waals surface area contributed by atoms with Crippen molar-refractivity contribution in [2.75, 3.05) is 18.5 Å². The van der Waals surface area contributed by atoms with Crippen LogP contribution in [0.25, 0.3) is 11.3 Å². The number of hydrogen-bond acceptors (Lipinski definition) is 5. The van der Waals surface area contributed by atoms with Crippen LogP contribution in [0.5, 0.6) is 0 Å². The van der Waals surface area contributed by atoms with Gasteiger partial charge in [-0.25, -0.2) is 9.97 Å². The zero-order valence-corrected chi connectivity index (χ0v) is 12.5. The van der Waals surface area contributed by atoms with Crippen LogP contribution in [0, 0.1) is 0 Å². The molecule has 0 N–H and O–H groups in total. The van der Waals surface area contributed by atoms with Crippen molar-refractivity contribution in [3.05, 3.63) is 55.2 Å². The fourth-order valence-corrected chi connectivity index (χ4v) is 2.25. The Morgan fingerprint density at radius 3 is 2.64 bits per heavy atom. The van der Waals surface area contributed by atoms with Gasteiger partial charge >= 0.3 is 0 Å². The van der Waals surface area contributed by atoms with Crippen LogP contribution in [0.2, 0.25) is 0 Å². The molecule has 0 saturated carbocycles. The minimum Gasteiger partial charge on any atom is -0.375 e. The van der Waals surface area contributed by atoms with E-state index in [0.29, 0.717) is 0 Å². The molecule has 0 amide bonds. The van der Waals surface area contributed by atoms with Crippen LogP contribution in [0.4, 0.5) is 5.69 Å². The van der Waals surface area contributed by atoms with Crippen molar-refractivity contribution < 1.29 is 0 Å². The normalized spacial score (nSPS) is 10.6. The number of rotatable bonds is 6. The number of nitrogens with zero attached hydrogens (tertiary/aromatic N) is 6. The van der Waals surface area contributed by atoms with Gasteiger partial charge < -0.3 is 4.90 Å². The van der Waals surface area contributed by atoms with E-state index in [1.165, 1.54) is 12.0 Å². The second-order valence-electron chi connectivity index (χ2n) is 5.10. The lowest BCUT2D eigenvalue weighted by Crippen LogP contribution is -2.19. The molecule has 6 heteroatoms. The zero-order chi connectivity index (χ0) is 15.2. The lowest BCUT2D eigenvalue weighted by atomic mass is 10.2. The number of aryl methyl sites for hydroxylation is 1. The first-order valence-electron chi connectivity index (χ1n) is 7.24. The van der Waals surface area contributed by atoms with Gasteiger partial charge in [0.1, 0.15) is 12.0 Å². The molecule has 2 aromatic heterocycles. The van der Waals surface area contributed by atoms with Crippen molar-refractivity contribution in [1.82, 2.24) is 25.0 Å². The van der Waals surface area contributed by atoms with Crippen LogP contribution in [-0.4, -0.2) is 38.6 Å². The van der Waals surface area contributed by atoms with Crippen LogP contribution < -0.4 is 4.90 Å². The van der Waals surface area contributed by atoms with Crippen molar-refractivity contribution in [2.24, 2.45) is 0 Å². The second kappa shape index (κ2) is 6.80. The molecular formula is C16H18N6. The largest absolute Gasteiger partial charge is 0.375 e. The number of hydrogen-bond donors (Lipinski definition) is 0. The van der Waals surface area contributed by atoms with Crippen molar-refractivity contribution in [1.29, 1.82) is 0 Å². The predicted octanol–water partition coefficient (Wildman–Crippen LogP) is 2.26. The molecule has 0 atom stereocenters. The molecule has 0 saturated heterocycles. The maximum absolute atomic E-state index is 4.16. The smallest absolute Gasteiger partial charge is 0.116 e. The van der Waals surface area contributed by atoms with Crippen LogP contribution in [-0.2, 0) is 6.54 Å². The lowest BCUT2D eigenvalue weighted by molar-refractivity contribution is 0.558. The summed E-state index contributed by atoms with van der Waals surface area (Å²) in [6, 6.07) is 10.4. The fraction of sp³-hybridized carbons (Fsp3) is 0.250. The van der Waals surface area contributed by atoms with E-state index in [4.69, 9.17) is 0 Å². The highest BCUT2D eigenvalue weighted by Gasteiger charge is 2.05. The lowest BCUT2D eigenvalue weighted by Gasteiger charge is -2.18. The first-order valence-corrected chi connectivity index (χ1v) is 7.24. The third-order valence-electron chi connectivity index (χ3n) is 3.47. The Morgan fingerprint density at radius 2 is 1.86 bits per heavy atom. The molecule has 0 radical (unpaired) electrons. The summed E-state index contributed by atoms with van der Waals surface area (Å²) in [5.41, 5.74) is 2.91.